The number of aryl methyl sites for hydroxylation is 2. The van der Waals surface area contributed by atoms with Crippen LogP contribution in [0.15, 0.2) is 24.4 Å². The Hall–Kier alpha value is -1.88. The fourth-order valence-corrected chi connectivity index (χ4v) is 2.60. The van der Waals surface area contributed by atoms with E-state index < -0.39 is 0 Å². The number of alkyl halides is 1. The second-order valence-corrected chi connectivity index (χ2v) is 5.06. The van der Waals surface area contributed by atoms with E-state index in [9.17, 15) is 4.39 Å². The molecule has 1 aromatic carbocycles. The number of nitrogens with zero attached hydrogens (tertiary/aromatic N) is 4. The van der Waals surface area contributed by atoms with Gasteiger partial charge < -0.3 is 4.57 Å². The summed E-state index contributed by atoms with van der Waals surface area (Å²) >= 11 is 5.96. The molecule has 20 heavy (non-hydrogen) atoms. The third-order valence-electron chi connectivity index (χ3n) is 3.35. The molecular formula is C14H14ClFN4. The largest absolute Gasteiger partial charge is 0.322 e. The van der Waals surface area contributed by atoms with Gasteiger partial charge in [0.2, 0.25) is 0 Å². The molecule has 4 nitrogen and oxygen atoms in total. The quantitative estimate of drug-likeness (QED) is 0.696. The van der Waals surface area contributed by atoms with Crippen molar-refractivity contribution in [3.05, 3.63) is 47.3 Å². The van der Waals surface area contributed by atoms with Crippen molar-refractivity contribution in [1.82, 2.24) is 19.3 Å². The summed E-state index contributed by atoms with van der Waals surface area (Å²) < 4.78 is 17.2. The van der Waals surface area contributed by atoms with Gasteiger partial charge >= 0.3 is 0 Å². The number of hydrogen-bond donors (Lipinski definition) is 0. The van der Waals surface area contributed by atoms with E-state index in [2.05, 4.69) is 10.1 Å². The Morgan fingerprint density at radius 2 is 2.15 bits per heavy atom. The first kappa shape index (κ1) is 13.1. The summed E-state index contributed by atoms with van der Waals surface area (Å²) in [4.78, 5) is 4.44. The van der Waals surface area contributed by atoms with Crippen LogP contribution < -0.4 is 0 Å². The lowest BCUT2D eigenvalue weighted by Gasteiger charge is -2.06. The molecule has 0 atom stereocenters. The molecule has 6 heteroatoms. The van der Waals surface area contributed by atoms with Gasteiger partial charge in [-0.15, -0.1) is 11.6 Å². The van der Waals surface area contributed by atoms with Crippen LogP contribution in [-0.4, -0.2) is 19.3 Å². The van der Waals surface area contributed by atoms with Crippen molar-refractivity contribution in [2.75, 3.05) is 0 Å². The van der Waals surface area contributed by atoms with Crippen molar-refractivity contribution in [3.63, 3.8) is 0 Å². The van der Waals surface area contributed by atoms with Crippen molar-refractivity contribution >= 4 is 22.6 Å². The summed E-state index contributed by atoms with van der Waals surface area (Å²) in [5.74, 6) is 0.744. The summed E-state index contributed by atoms with van der Waals surface area (Å²) in [6.45, 7) is 2.54. The van der Waals surface area contributed by atoms with Crippen molar-refractivity contribution in [3.8, 4) is 0 Å². The molecule has 0 unspecified atom stereocenters. The topological polar surface area (TPSA) is 35.6 Å². The van der Waals surface area contributed by atoms with Crippen LogP contribution in [0.2, 0.25) is 0 Å². The van der Waals surface area contributed by atoms with E-state index >= 15 is 0 Å². The number of benzene rings is 1. The molecule has 0 aliphatic carbocycles. The number of fused-ring (bicyclic) bond motifs is 1. The molecule has 0 aliphatic heterocycles. The first-order valence-corrected chi connectivity index (χ1v) is 6.81. The fraction of sp³-hybridized carbons (Fsp3) is 0.286. The summed E-state index contributed by atoms with van der Waals surface area (Å²) in [5, 5.41) is 4.32. The third kappa shape index (κ3) is 2.18. The van der Waals surface area contributed by atoms with Crippen LogP contribution in [0.3, 0.4) is 0 Å². The Morgan fingerprint density at radius 1 is 1.35 bits per heavy atom. The standard InChI is InChI=1S/C14H14ClFN4/c1-9-10(7-19(2)18-9)8-20-13-5-11(16)3-4-12(13)17-14(20)6-15/h3-5,7H,6,8H2,1-2H3. The first-order valence-electron chi connectivity index (χ1n) is 6.28. The molecule has 0 saturated heterocycles. The summed E-state index contributed by atoms with van der Waals surface area (Å²) in [7, 11) is 1.88. The van der Waals surface area contributed by atoms with E-state index in [0.717, 1.165) is 28.1 Å². The zero-order chi connectivity index (χ0) is 14.3. The molecular weight excluding hydrogens is 279 g/mol. The Bertz CT molecular complexity index is 775. The van der Waals surface area contributed by atoms with Crippen LogP contribution in [0, 0.1) is 12.7 Å². The van der Waals surface area contributed by atoms with Gasteiger partial charge in [0.1, 0.15) is 11.6 Å². The average molecular weight is 293 g/mol. The highest BCUT2D eigenvalue weighted by molar-refractivity contribution is 6.16. The molecule has 0 aliphatic rings. The highest BCUT2D eigenvalue weighted by atomic mass is 35.5. The minimum absolute atomic E-state index is 0.275. The van der Waals surface area contributed by atoms with Gasteiger partial charge in [0, 0.05) is 18.8 Å². The second kappa shape index (κ2) is 4.90. The number of rotatable bonds is 3. The molecule has 0 amide bonds. The van der Waals surface area contributed by atoms with Gasteiger partial charge in [0.15, 0.2) is 0 Å². The number of imidazole rings is 1. The van der Waals surface area contributed by atoms with Crippen molar-refractivity contribution in [2.45, 2.75) is 19.3 Å². The molecule has 0 fully saturated rings. The van der Waals surface area contributed by atoms with Crippen molar-refractivity contribution < 1.29 is 4.39 Å². The van der Waals surface area contributed by atoms with Crippen LogP contribution in [0.1, 0.15) is 17.1 Å². The van der Waals surface area contributed by atoms with Crippen LogP contribution in [0.4, 0.5) is 4.39 Å². The van der Waals surface area contributed by atoms with Crippen LogP contribution >= 0.6 is 11.6 Å². The third-order valence-corrected chi connectivity index (χ3v) is 3.59. The zero-order valence-corrected chi connectivity index (χ0v) is 12.0. The normalized spacial score (nSPS) is 11.4. The zero-order valence-electron chi connectivity index (χ0n) is 11.3. The van der Waals surface area contributed by atoms with Gasteiger partial charge in [0.05, 0.1) is 29.2 Å². The van der Waals surface area contributed by atoms with E-state index in [1.807, 2.05) is 24.7 Å². The maximum atomic E-state index is 13.5. The molecule has 0 saturated carbocycles. The molecule has 0 N–H and O–H groups in total. The molecule has 3 rings (SSSR count). The van der Waals surface area contributed by atoms with E-state index in [1.54, 1.807) is 10.7 Å². The predicted molar refractivity (Wildman–Crippen MR) is 76.3 cm³/mol. The van der Waals surface area contributed by atoms with E-state index in [4.69, 9.17) is 11.6 Å². The molecule has 3 aromatic rings. The van der Waals surface area contributed by atoms with Gasteiger partial charge in [-0.3, -0.25) is 4.68 Å². The summed E-state index contributed by atoms with van der Waals surface area (Å²) in [6.07, 6.45) is 1.96. The maximum absolute atomic E-state index is 13.5. The average Bonchev–Trinajstić information content (AvgIpc) is 2.91. The van der Waals surface area contributed by atoms with Gasteiger partial charge in [-0.25, -0.2) is 9.37 Å². The van der Waals surface area contributed by atoms with Gasteiger partial charge in [-0.2, -0.15) is 5.10 Å². The molecule has 0 spiro atoms. The Labute approximate surface area is 120 Å². The molecule has 104 valence electrons. The van der Waals surface area contributed by atoms with Gasteiger partial charge in [-0.1, -0.05) is 0 Å². The van der Waals surface area contributed by atoms with E-state index in [0.29, 0.717) is 6.54 Å². The minimum Gasteiger partial charge on any atom is -0.322 e. The molecule has 0 bridgehead atoms. The molecule has 0 radical (unpaired) electrons. The lowest BCUT2D eigenvalue weighted by molar-refractivity contribution is 0.628. The SMILES string of the molecule is Cc1nn(C)cc1Cn1c(CCl)nc2ccc(F)cc21. The highest BCUT2D eigenvalue weighted by Gasteiger charge is 2.13. The fourth-order valence-electron chi connectivity index (χ4n) is 2.40. The highest BCUT2D eigenvalue weighted by Crippen LogP contribution is 2.21. The van der Waals surface area contributed by atoms with Crippen molar-refractivity contribution in [2.24, 2.45) is 7.05 Å². The monoisotopic (exact) mass is 292 g/mol. The summed E-state index contributed by atoms with van der Waals surface area (Å²) in [6, 6.07) is 4.57. The Morgan fingerprint density at radius 3 is 2.80 bits per heavy atom. The molecule has 2 aromatic heterocycles. The van der Waals surface area contributed by atoms with Crippen molar-refractivity contribution in [1.29, 1.82) is 0 Å². The lowest BCUT2D eigenvalue weighted by atomic mass is 10.2. The van der Waals surface area contributed by atoms with Gasteiger partial charge in [-0.05, 0) is 25.1 Å². The van der Waals surface area contributed by atoms with Crippen LogP contribution in [0.5, 0.6) is 0 Å². The van der Waals surface area contributed by atoms with E-state index in [1.165, 1.54) is 12.1 Å². The van der Waals surface area contributed by atoms with Crippen LogP contribution in [0.25, 0.3) is 11.0 Å². The lowest BCUT2D eigenvalue weighted by Crippen LogP contribution is -2.04. The van der Waals surface area contributed by atoms with E-state index in [-0.39, 0.29) is 11.7 Å². The number of halogens is 2. The van der Waals surface area contributed by atoms with Crippen LogP contribution in [-0.2, 0) is 19.5 Å². The number of aromatic nitrogens is 4. The smallest absolute Gasteiger partial charge is 0.125 e. The molecule has 2 heterocycles. The minimum atomic E-state index is -0.275. The number of hydrogen-bond acceptors (Lipinski definition) is 2. The Kier molecular flexibility index (Phi) is 3.22. The van der Waals surface area contributed by atoms with Gasteiger partial charge in [0.25, 0.3) is 0 Å². The summed E-state index contributed by atoms with van der Waals surface area (Å²) in [5.41, 5.74) is 3.53. The second-order valence-electron chi connectivity index (χ2n) is 4.79. The first-order chi connectivity index (χ1) is 9.58. The maximum Gasteiger partial charge on any atom is 0.125 e. The predicted octanol–water partition coefficient (Wildman–Crippen LogP) is 3.00. The Balaban J connectivity index is 2.13.